The van der Waals surface area contributed by atoms with Crippen LogP contribution in [0.3, 0.4) is 0 Å². The van der Waals surface area contributed by atoms with Gasteiger partial charge in [0, 0.05) is 14.0 Å². The van der Waals surface area contributed by atoms with Crippen molar-refractivity contribution in [3.8, 4) is 0 Å². The van der Waals surface area contributed by atoms with Crippen LogP contribution in [0.25, 0.3) is 0 Å². The van der Waals surface area contributed by atoms with E-state index >= 15 is 0 Å². The molecule has 8 heteroatoms. The Balaban J connectivity index is 2.43. The Kier molecular flexibility index (Phi) is 5.02. The van der Waals surface area contributed by atoms with Crippen LogP contribution in [0.15, 0.2) is 50.2 Å². The largest absolute Gasteiger partial charge is 0.278 e. The summed E-state index contributed by atoms with van der Waals surface area (Å²) in [4.78, 5) is 0.108. The van der Waals surface area contributed by atoms with Crippen LogP contribution in [0.2, 0.25) is 10.0 Å². The van der Waals surface area contributed by atoms with Gasteiger partial charge >= 0.3 is 0 Å². The second-order valence-electron chi connectivity index (χ2n) is 3.80. The Labute approximate surface area is 143 Å². The molecule has 2 aromatic rings. The number of anilines is 1. The van der Waals surface area contributed by atoms with Crippen molar-refractivity contribution in [3.63, 3.8) is 0 Å². The maximum Gasteiger partial charge on any atom is 0.263 e. The summed E-state index contributed by atoms with van der Waals surface area (Å²) >= 11 is 18.3. The van der Waals surface area contributed by atoms with Gasteiger partial charge in [-0.2, -0.15) is 0 Å². The molecule has 2 rings (SSSR count). The zero-order valence-corrected chi connectivity index (χ0v) is 15.2. The van der Waals surface area contributed by atoms with E-state index in [9.17, 15) is 8.42 Å². The number of sulfonamides is 1. The van der Waals surface area contributed by atoms with Crippen LogP contribution in [0, 0.1) is 0 Å². The van der Waals surface area contributed by atoms with Crippen LogP contribution in [-0.2, 0) is 10.0 Å². The first-order valence-corrected chi connectivity index (χ1v) is 9.05. The molecule has 0 aromatic heterocycles. The van der Waals surface area contributed by atoms with Gasteiger partial charge in [0.25, 0.3) is 10.0 Å². The van der Waals surface area contributed by atoms with Gasteiger partial charge in [-0.05, 0) is 52.3 Å². The molecule has 0 spiro atoms. The van der Waals surface area contributed by atoms with Crippen molar-refractivity contribution in [2.75, 3.05) is 4.72 Å². The molecule has 0 unspecified atom stereocenters. The third kappa shape index (κ3) is 3.68. The number of hydrogen-bond donors (Lipinski definition) is 1. The molecule has 1 N–H and O–H groups in total. The summed E-state index contributed by atoms with van der Waals surface area (Å²) < 4.78 is 28.3. The number of benzene rings is 2. The number of nitrogens with one attached hydrogen (secondary N) is 1. The van der Waals surface area contributed by atoms with Gasteiger partial charge in [0.15, 0.2) is 0 Å². The minimum atomic E-state index is -3.76. The van der Waals surface area contributed by atoms with E-state index in [1.54, 1.807) is 18.2 Å². The summed E-state index contributed by atoms with van der Waals surface area (Å²) in [5, 5.41) is 0.660. The second-order valence-corrected chi connectivity index (χ2v) is 8.07. The molecule has 0 saturated carbocycles. The molecule has 0 fully saturated rings. The number of hydrogen-bond acceptors (Lipinski definition) is 2. The molecular formula is C12H7Br2Cl2NO2S. The summed E-state index contributed by atoms with van der Waals surface area (Å²) in [5.74, 6) is 0. The first-order valence-electron chi connectivity index (χ1n) is 5.22. The van der Waals surface area contributed by atoms with E-state index in [-0.39, 0.29) is 15.6 Å². The first kappa shape index (κ1) is 16.1. The maximum atomic E-state index is 12.3. The maximum absolute atomic E-state index is 12.3. The SMILES string of the molecule is O=S(=O)(Nc1cc(Cl)ccc1Cl)c1ccc(Br)cc1Br. The van der Waals surface area contributed by atoms with E-state index in [1.807, 2.05) is 0 Å². The highest BCUT2D eigenvalue weighted by Crippen LogP contribution is 2.31. The lowest BCUT2D eigenvalue weighted by Crippen LogP contribution is -2.13. The Morgan fingerprint density at radius 3 is 2.35 bits per heavy atom. The van der Waals surface area contributed by atoms with Gasteiger partial charge < -0.3 is 0 Å². The highest BCUT2D eigenvalue weighted by molar-refractivity contribution is 9.11. The molecule has 0 aliphatic rings. The van der Waals surface area contributed by atoms with Crippen molar-refractivity contribution < 1.29 is 8.42 Å². The zero-order valence-electron chi connectivity index (χ0n) is 9.70. The van der Waals surface area contributed by atoms with Gasteiger partial charge in [-0.3, -0.25) is 4.72 Å². The summed E-state index contributed by atoms with van der Waals surface area (Å²) in [6.07, 6.45) is 0. The Hall–Kier alpha value is -0.270. The molecule has 0 saturated heterocycles. The van der Waals surface area contributed by atoms with E-state index in [0.717, 1.165) is 4.47 Å². The van der Waals surface area contributed by atoms with Crippen LogP contribution in [0.5, 0.6) is 0 Å². The predicted octanol–water partition coefficient (Wildman–Crippen LogP) is 5.32. The summed E-state index contributed by atoms with van der Waals surface area (Å²) in [5.41, 5.74) is 0.231. The fraction of sp³-hybridized carbons (Fsp3) is 0. The average molecular weight is 460 g/mol. The molecule has 3 nitrogen and oxygen atoms in total. The van der Waals surface area contributed by atoms with E-state index in [0.29, 0.717) is 9.50 Å². The van der Waals surface area contributed by atoms with Crippen molar-refractivity contribution in [2.45, 2.75) is 4.90 Å². The molecule has 0 atom stereocenters. The topological polar surface area (TPSA) is 46.2 Å². The smallest absolute Gasteiger partial charge is 0.263 e. The molecule has 0 heterocycles. The van der Waals surface area contributed by atoms with Crippen LogP contribution >= 0.6 is 55.1 Å². The van der Waals surface area contributed by atoms with Crippen molar-refractivity contribution in [2.24, 2.45) is 0 Å². The van der Waals surface area contributed by atoms with Crippen LogP contribution < -0.4 is 4.72 Å². The molecular weight excluding hydrogens is 453 g/mol. The van der Waals surface area contributed by atoms with Crippen molar-refractivity contribution in [1.29, 1.82) is 0 Å². The van der Waals surface area contributed by atoms with E-state index < -0.39 is 10.0 Å². The van der Waals surface area contributed by atoms with Gasteiger partial charge in [0.1, 0.15) is 4.90 Å². The van der Waals surface area contributed by atoms with Gasteiger partial charge in [0.05, 0.1) is 10.7 Å². The molecule has 0 bridgehead atoms. The second kappa shape index (κ2) is 6.23. The van der Waals surface area contributed by atoms with Crippen molar-refractivity contribution >= 4 is 70.8 Å². The lowest BCUT2D eigenvalue weighted by molar-refractivity contribution is 0.600. The third-order valence-corrected chi connectivity index (χ3v) is 5.76. The highest BCUT2D eigenvalue weighted by atomic mass is 79.9. The zero-order chi connectivity index (χ0) is 14.9. The fourth-order valence-electron chi connectivity index (χ4n) is 1.47. The van der Waals surface area contributed by atoms with Crippen molar-refractivity contribution in [3.05, 3.63) is 55.4 Å². The average Bonchev–Trinajstić information content (AvgIpc) is 2.33. The predicted molar refractivity (Wildman–Crippen MR) is 89.1 cm³/mol. The quantitative estimate of drug-likeness (QED) is 0.675. The minimum absolute atomic E-state index is 0.108. The van der Waals surface area contributed by atoms with Gasteiger partial charge in [-0.1, -0.05) is 39.1 Å². The van der Waals surface area contributed by atoms with E-state index in [1.165, 1.54) is 18.2 Å². The van der Waals surface area contributed by atoms with Gasteiger partial charge in [-0.15, -0.1) is 0 Å². The normalized spacial score (nSPS) is 11.4. The molecule has 0 amide bonds. The number of halogens is 4. The van der Waals surface area contributed by atoms with E-state index in [2.05, 4.69) is 36.6 Å². The Morgan fingerprint density at radius 2 is 1.70 bits per heavy atom. The lowest BCUT2D eigenvalue weighted by atomic mass is 10.3. The van der Waals surface area contributed by atoms with Gasteiger partial charge in [0.2, 0.25) is 0 Å². The Bertz CT molecular complexity index is 766. The monoisotopic (exact) mass is 457 g/mol. The molecule has 20 heavy (non-hydrogen) atoms. The first-order chi connectivity index (χ1) is 9.29. The molecule has 0 radical (unpaired) electrons. The molecule has 0 aliphatic heterocycles. The van der Waals surface area contributed by atoms with Crippen LogP contribution in [0.1, 0.15) is 0 Å². The van der Waals surface area contributed by atoms with Crippen molar-refractivity contribution in [1.82, 2.24) is 0 Å². The third-order valence-electron chi connectivity index (χ3n) is 2.36. The lowest BCUT2D eigenvalue weighted by Gasteiger charge is -2.11. The van der Waals surface area contributed by atoms with Crippen LogP contribution in [0.4, 0.5) is 5.69 Å². The summed E-state index contributed by atoms with van der Waals surface area (Å²) in [7, 11) is -3.76. The Morgan fingerprint density at radius 1 is 1.00 bits per heavy atom. The van der Waals surface area contributed by atoms with Crippen LogP contribution in [-0.4, -0.2) is 8.42 Å². The summed E-state index contributed by atoms with van der Waals surface area (Å²) in [6, 6.07) is 9.33. The highest BCUT2D eigenvalue weighted by Gasteiger charge is 2.19. The number of rotatable bonds is 3. The minimum Gasteiger partial charge on any atom is -0.278 e. The van der Waals surface area contributed by atoms with E-state index in [4.69, 9.17) is 23.2 Å². The van der Waals surface area contributed by atoms with Gasteiger partial charge in [-0.25, -0.2) is 8.42 Å². The molecule has 0 aliphatic carbocycles. The fourth-order valence-corrected chi connectivity index (χ4v) is 4.68. The molecule has 106 valence electrons. The molecule has 2 aromatic carbocycles. The standard InChI is InChI=1S/C12H7Br2Cl2NO2S/c13-7-1-4-12(9(14)5-7)20(18,19)17-11-6-8(15)2-3-10(11)16/h1-6,17H. The summed E-state index contributed by atoms with van der Waals surface area (Å²) in [6.45, 7) is 0.